The number of fused-ring (bicyclic) bond motifs is 1. The van der Waals surface area contributed by atoms with E-state index >= 15 is 0 Å². The average molecular weight is 460 g/mol. The zero-order valence-corrected chi connectivity index (χ0v) is 17.7. The Bertz CT molecular complexity index is 1170. The molecule has 3 aromatic rings. The van der Waals surface area contributed by atoms with Crippen molar-refractivity contribution < 1.29 is 22.7 Å². The standard InChI is InChI=1S/C23H23F3N4O3/c24-23(25,26)15-5-10-21(27-13-15)33-17-8-6-16(7-9-17)29-20(31)11-12-30-14-28-19-4-2-1-3-18(19)22(30)32/h1-5,10,13-14,16-17H,6-9,11-12H2,(H,29,31). The second-order valence-corrected chi connectivity index (χ2v) is 8.05. The summed E-state index contributed by atoms with van der Waals surface area (Å²) in [6, 6.07) is 9.22. The normalized spacial score (nSPS) is 18.8. The molecule has 0 bridgehead atoms. The Morgan fingerprint density at radius 3 is 2.55 bits per heavy atom. The minimum atomic E-state index is -4.43. The van der Waals surface area contributed by atoms with Gasteiger partial charge in [0.15, 0.2) is 0 Å². The summed E-state index contributed by atoms with van der Waals surface area (Å²) < 4.78 is 45.0. The Morgan fingerprint density at radius 1 is 1.09 bits per heavy atom. The molecule has 33 heavy (non-hydrogen) atoms. The van der Waals surface area contributed by atoms with Crippen molar-refractivity contribution in [1.82, 2.24) is 19.9 Å². The first kappa shape index (κ1) is 22.8. The van der Waals surface area contributed by atoms with E-state index in [0.29, 0.717) is 36.6 Å². The Morgan fingerprint density at radius 2 is 1.85 bits per heavy atom. The summed E-state index contributed by atoms with van der Waals surface area (Å²) in [4.78, 5) is 32.9. The number of para-hydroxylation sites is 1. The fraction of sp³-hybridized carbons (Fsp3) is 0.391. The molecule has 7 nitrogen and oxygen atoms in total. The molecule has 2 aromatic heterocycles. The number of benzene rings is 1. The minimum Gasteiger partial charge on any atom is -0.474 e. The predicted octanol–water partition coefficient (Wildman–Crippen LogP) is 3.71. The number of carbonyl (C=O) groups excluding carboxylic acids is 1. The van der Waals surface area contributed by atoms with E-state index in [2.05, 4.69) is 15.3 Å². The summed E-state index contributed by atoms with van der Waals surface area (Å²) in [6.07, 6.45) is 0.469. The molecule has 1 aliphatic rings. The highest BCUT2D eigenvalue weighted by atomic mass is 19.4. The van der Waals surface area contributed by atoms with Crippen LogP contribution in [0.4, 0.5) is 13.2 Å². The van der Waals surface area contributed by atoms with Gasteiger partial charge >= 0.3 is 6.18 Å². The molecule has 0 radical (unpaired) electrons. The smallest absolute Gasteiger partial charge is 0.417 e. The van der Waals surface area contributed by atoms with Crippen molar-refractivity contribution in [2.45, 2.75) is 57.0 Å². The highest BCUT2D eigenvalue weighted by Gasteiger charge is 2.31. The molecule has 1 amide bonds. The molecule has 2 heterocycles. The maximum absolute atomic E-state index is 12.6. The van der Waals surface area contributed by atoms with Gasteiger partial charge in [-0.1, -0.05) is 12.1 Å². The van der Waals surface area contributed by atoms with Gasteiger partial charge in [0.25, 0.3) is 5.56 Å². The van der Waals surface area contributed by atoms with Crippen molar-refractivity contribution in [3.05, 3.63) is 64.8 Å². The summed E-state index contributed by atoms with van der Waals surface area (Å²) in [5.41, 5.74) is -0.375. The zero-order chi connectivity index (χ0) is 23.4. The van der Waals surface area contributed by atoms with Gasteiger partial charge in [-0.25, -0.2) is 9.97 Å². The predicted molar refractivity (Wildman–Crippen MR) is 115 cm³/mol. The van der Waals surface area contributed by atoms with Crippen LogP contribution < -0.4 is 15.6 Å². The van der Waals surface area contributed by atoms with Gasteiger partial charge in [0.2, 0.25) is 11.8 Å². The first-order valence-electron chi connectivity index (χ1n) is 10.7. The molecule has 1 aliphatic carbocycles. The van der Waals surface area contributed by atoms with Gasteiger partial charge in [0, 0.05) is 31.3 Å². The third-order valence-electron chi connectivity index (χ3n) is 5.70. The van der Waals surface area contributed by atoms with Gasteiger partial charge in [-0.05, 0) is 43.9 Å². The number of ether oxygens (including phenoxy) is 1. The highest BCUT2D eigenvalue weighted by molar-refractivity contribution is 5.77. The number of nitrogens with one attached hydrogen (secondary N) is 1. The van der Waals surface area contributed by atoms with Crippen molar-refractivity contribution in [3.8, 4) is 5.88 Å². The largest absolute Gasteiger partial charge is 0.474 e. The van der Waals surface area contributed by atoms with E-state index in [1.54, 1.807) is 18.2 Å². The Kier molecular flexibility index (Phi) is 6.62. The van der Waals surface area contributed by atoms with Gasteiger partial charge in [-0.2, -0.15) is 13.2 Å². The number of hydrogen-bond acceptors (Lipinski definition) is 5. The molecule has 1 saturated carbocycles. The topological polar surface area (TPSA) is 86.1 Å². The SMILES string of the molecule is O=C(CCn1cnc2ccccc2c1=O)NC1CCC(Oc2ccc(C(F)(F)F)cn2)CC1. The van der Waals surface area contributed by atoms with Crippen LogP contribution in [0.15, 0.2) is 53.7 Å². The van der Waals surface area contributed by atoms with Crippen LogP contribution in [-0.4, -0.2) is 32.6 Å². The highest BCUT2D eigenvalue weighted by Crippen LogP contribution is 2.30. The van der Waals surface area contributed by atoms with Gasteiger partial charge in [0.1, 0.15) is 6.10 Å². The quantitative estimate of drug-likeness (QED) is 0.606. The molecule has 0 unspecified atom stereocenters. The molecule has 1 aromatic carbocycles. The van der Waals surface area contributed by atoms with Crippen molar-refractivity contribution in [1.29, 1.82) is 0 Å². The minimum absolute atomic E-state index is 0.00985. The van der Waals surface area contributed by atoms with Gasteiger partial charge in [0.05, 0.1) is 22.8 Å². The maximum Gasteiger partial charge on any atom is 0.417 e. The molecule has 0 aliphatic heterocycles. The number of aryl methyl sites for hydroxylation is 1. The second kappa shape index (κ2) is 9.60. The van der Waals surface area contributed by atoms with E-state index in [-0.39, 0.29) is 42.5 Å². The van der Waals surface area contributed by atoms with Crippen molar-refractivity contribution in [3.63, 3.8) is 0 Å². The number of nitrogens with zero attached hydrogens (tertiary/aromatic N) is 3. The Balaban J connectivity index is 1.22. The van der Waals surface area contributed by atoms with E-state index in [1.165, 1.54) is 17.0 Å². The lowest BCUT2D eigenvalue weighted by molar-refractivity contribution is -0.137. The molecule has 0 spiro atoms. The fourth-order valence-electron chi connectivity index (χ4n) is 3.90. The van der Waals surface area contributed by atoms with Crippen molar-refractivity contribution in [2.75, 3.05) is 0 Å². The molecular formula is C23H23F3N4O3. The van der Waals surface area contributed by atoms with E-state index in [0.717, 1.165) is 12.3 Å². The molecule has 1 N–H and O–H groups in total. The molecule has 10 heteroatoms. The Hall–Kier alpha value is -3.43. The van der Waals surface area contributed by atoms with Gasteiger partial charge < -0.3 is 10.1 Å². The van der Waals surface area contributed by atoms with Gasteiger partial charge in [-0.15, -0.1) is 0 Å². The third-order valence-corrected chi connectivity index (χ3v) is 5.70. The summed E-state index contributed by atoms with van der Waals surface area (Å²) in [6.45, 7) is 0.237. The monoisotopic (exact) mass is 460 g/mol. The lowest BCUT2D eigenvalue weighted by atomic mass is 9.93. The van der Waals surface area contributed by atoms with Crippen molar-refractivity contribution >= 4 is 16.8 Å². The first-order chi connectivity index (χ1) is 15.8. The fourth-order valence-corrected chi connectivity index (χ4v) is 3.90. The molecular weight excluding hydrogens is 437 g/mol. The number of hydrogen-bond donors (Lipinski definition) is 1. The van der Waals surface area contributed by atoms with E-state index in [1.807, 2.05) is 6.07 Å². The summed E-state index contributed by atoms with van der Waals surface area (Å²) in [5.74, 6) is 0.00811. The van der Waals surface area contributed by atoms with Crippen LogP contribution in [0.1, 0.15) is 37.7 Å². The summed E-state index contributed by atoms with van der Waals surface area (Å²) in [7, 11) is 0. The number of aromatic nitrogens is 3. The number of rotatable bonds is 6. The summed E-state index contributed by atoms with van der Waals surface area (Å²) >= 11 is 0. The van der Waals surface area contributed by atoms with E-state index in [9.17, 15) is 22.8 Å². The number of pyridine rings is 1. The van der Waals surface area contributed by atoms with Crippen LogP contribution in [0.2, 0.25) is 0 Å². The van der Waals surface area contributed by atoms with Crippen LogP contribution in [0.3, 0.4) is 0 Å². The van der Waals surface area contributed by atoms with Crippen LogP contribution in [0.25, 0.3) is 10.9 Å². The van der Waals surface area contributed by atoms with E-state index in [4.69, 9.17) is 4.74 Å². The molecule has 1 fully saturated rings. The number of amides is 1. The third kappa shape index (κ3) is 5.68. The molecule has 4 rings (SSSR count). The van der Waals surface area contributed by atoms with E-state index < -0.39 is 11.7 Å². The lowest BCUT2D eigenvalue weighted by Crippen LogP contribution is -2.40. The average Bonchev–Trinajstić information content (AvgIpc) is 2.80. The van der Waals surface area contributed by atoms with Crippen LogP contribution in [0, 0.1) is 0 Å². The zero-order valence-electron chi connectivity index (χ0n) is 17.7. The second-order valence-electron chi connectivity index (χ2n) is 8.05. The number of alkyl halides is 3. The molecule has 0 saturated heterocycles. The Labute approximate surface area is 187 Å². The van der Waals surface area contributed by atoms with Gasteiger partial charge in [-0.3, -0.25) is 14.2 Å². The van der Waals surface area contributed by atoms with Crippen LogP contribution in [-0.2, 0) is 17.5 Å². The molecule has 174 valence electrons. The number of carbonyl (C=O) groups is 1. The molecule has 0 atom stereocenters. The van der Waals surface area contributed by atoms with Crippen LogP contribution >= 0.6 is 0 Å². The first-order valence-corrected chi connectivity index (χ1v) is 10.7. The van der Waals surface area contributed by atoms with Crippen LogP contribution in [0.5, 0.6) is 5.88 Å². The lowest BCUT2D eigenvalue weighted by Gasteiger charge is -2.29. The maximum atomic E-state index is 12.6. The van der Waals surface area contributed by atoms with Crippen molar-refractivity contribution in [2.24, 2.45) is 0 Å². The number of halogens is 3. The summed E-state index contributed by atoms with van der Waals surface area (Å²) in [5, 5.41) is 3.50.